The van der Waals surface area contributed by atoms with Crippen LogP contribution < -0.4 is 10.6 Å². The first-order chi connectivity index (χ1) is 12.6. The minimum Gasteiger partial charge on any atom is -0.357 e. The molecule has 0 unspecified atom stereocenters. The smallest absolute Gasteiger partial charge is 0.243 e. The fraction of sp³-hybridized carbons (Fsp3) is 0.632. The summed E-state index contributed by atoms with van der Waals surface area (Å²) >= 11 is 0. The predicted molar refractivity (Wildman–Crippen MR) is 110 cm³/mol. The first-order valence-corrected chi connectivity index (χ1v) is 10.9. The zero-order valence-electron chi connectivity index (χ0n) is 17.1. The van der Waals surface area contributed by atoms with E-state index in [1.165, 1.54) is 0 Å². The van der Waals surface area contributed by atoms with Gasteiger partial charge in [0.05, 0.1) is 11.4 Å². The number of hydrogen-bond acceptors (Lipinski definition) is 4. The van der Waals surface area contributed by atoms with Crippen LogP contribution >= 0.6 is 0 Å². The van der Waals surface area contributed by atoms with Gasteiger partial charge in [-0.1, -0.05) is 18.2 Å². The molecule has 1 aromatic rings. The van der Waals surface area contributed by atoms with Gasteiger partial charge in [-0.15, -0.1) is 0 Å². The first-order valence-electron chi connectivity index (χ1n) is 9.46. The Balaban J connectivity index is 2.25. The number of sulfonamides is 1. The molecule has 1 aliphatic heterocycles. The van der Waals surface area contributed by atoms with Crippen molar-refractivity contribution in [3.8, 4) is 0 Å². The summed E-state index contributed by atoms with van der Waals surface area (Å²) in [6.07, 6.45) is 0. The maximum absolute atomic E-state index is 13.1. The van der Waals surface area contributed by atoms with E-state index in [1.54, 1.807) is 16.4 Å². The van der Waals surface area contributed by atoms with E-state index in [9.17, 15) is 8.42 Å². The number of rotatable bonds is 5. The second kappa shape index (κ2) is 9.03. The molecule has 0 aromatic heterocycles. The maximum atomic E-state index is 13.1. The summed E-state index contributed by atoms with van der Waals surface area (Å²) in [6, 6.07) is 7.16. The fourth-order valence-corrected chi connectivity index (χ4v) is 4.52. The summed E-state index contributed by atoms with van der Waals surface area (Å²) in [4.78, 5) is 7.10. The second-order valence-electron chi connectivity index (χ2n) is 7.89. The monoisotopic (exact) mass is 395 g/mol. The molecule has 152 valence electrons. The van der Waals surface area contributed by atoms with Crippen LogP contribution in [0.1, 0.15) is 33.3 Å². The van der Waals surface area contributed by atoms with Crippen LogP contribution in [0.4, 0.5) is 0 Å². The molecular formula is C19H33N5O2S. The zero-order chi connectivity index (χ0) is 20.1. The molecule has 1 heterocycles. The van der Waals surface area contributed by atoms with Crippen molar-refractivity contribution in [2.45, 2.75) is 44.7 Å². The summed E-state index contributed by atoms with van der Waals surface area (Å²) < 4.78 is 27.9. The summed E-state index contributed by atoms with van der Waals surface area (Å²) in [5, 5.41) is 6.54. The minimum atomic E-state index is -3.51. The van der Waals surface area contributed by atoms with Gasteiger partial charge in [-0.05, 0) is 46.4 Å². The van der Waals surface area contributed by atoms with Crippen LogP contribution in [0.5, 0.6) is 0 Å². The number of nitrogens with zero attached hydrogens (tertiary/aromatic N) is 3. The highest BCUT2D eigenvalue weighted by Gasteiger charge is 2.29. The van der Waals surface area contributed by atoms with Crippen LogP contribution in [0.25, 0.3) is 0 Å². The fourth-order valence-electron chi connectivity index (χ4n) is 2.88. The molecule has 7 nitrogen and oxygen atoms in total. The van der Waals surface area contributed by atoms with Crippen molar-refractivity contribution in [1.29, 1.82) is 0 Å². The van der Waals surface area contributed by atoms with Crippen LogP contribution in [0.2, 0.25) is 0 Å². The summed E-state index contributed by atoms with van der Waals surface area (Å²) in [7, 11) is -1.50. The molecular weight excluding hydrogens is 362 g/mol. The maximum Gasteiger partial charge on any atom is 0.243 e. The molecule has 0 aliphatic carbocycles. The quantitative estimate of drug-likeness (QED) is 0.583. The van der Waals surface area contributed by atoms with Crippen molar-refractivity contribution in [2.24, 2.45) is 4.99 Å². The molecule has 0 bridgehead atoms. The number of nitrogens with one attached hydrogen (secondary N) is 2. The molecule has 2 rings (SSSR count). The third kappa shape index (κ3) is 6.19. The van der Waals surface area contributed by atoms with E-state index in [0.717, 1.165) is 19.6 Å². The number of benzene rings is 1. The van der Waals surface area contributed by atoms with Crippen LogP contribution in [-0.4, -0.2) is 68.9 Å². The highest BCUT2D eigenvalue weighted by molar-refractivity contribution is 7.89. The Morgan fingerprint density at radius 1 is 1.15 bits per heavy atom. The van der Waals surface area contributed by atoms with Crippen molar-refractivity contribution in [2.75, 3.05) is 39.8 Å². The van der Waals surface area contributed by atoms with Gasteiger partial charge in [-0.3, -0.25) is 0 Å². The molecule has 0 atom stereocenters. The van der Waals surface area contributed by atoms with Crippen molar-refractivity contribution in [3.63, 3.8) is 0 Å². The molecule has 0 spiro atoms. The van der Waals surface area contributed by atoms with Crippen LogP contribution in [0.3, 0.4) is 0 Å². The van der Waals surface area contributed by atoms with Crippen LogP contribution in [0, 0.1) is 0 Å². The number of likely N-dealkylation sites (N-methyl/N-ethyl adjacent to an activating group) is 1. The van der Waals surface area contributed by atoms with Crippen molar-refractivity contribution >= 4 is 16.0 Å². The topological polar surface area (TPSA) is 77.0 Å². The average Bonchev–Trinajstić information content (AvgIpc) is 2.59. The molecule has 1 aliphatic rings. The lowest BCUT2D eigenvalue weighted by molar-refractivity contribution is 0.222. The lowest BCUT2D eigenvalue weighted by Gasteiger charge is -2.32. The third-order valence-corrected chi connectivity index (χ3v) is 6.30. The molecule has 27 heavy (non-hydrogen) atoms. The Morgan fingerprint density at radius 3 is 2.37 bits per heavy atom. The van der Waals surface area contributed by atoms with Gasteiger partial charge in [0.15, 0.2) is 5.96 Å². The normalized spacial score (nSPS) is 17.7. The summed E-state index contributed by atoms with van der Waals surface area (Å²) in [5.41, 5.74) is 0.578. The highest BCUT2D eigenvalue weighted by Crippen LogP contribution is 2.22. The molecule has 8 heteroatoms. The number of aliphatic imine (C=N–C) groups is 1. The third-order valence-electron chi connectivity index (χ3n) is 4.30. The number of hydrogen-bond donors (Lipinski definition) is 2. The van der Waals surface area contributed by atoms with Gasteiger partial charge in [0.2, 0.25) is 10.0 Å². The molecule has 0 radical (unpaired) electrons. The minimum absolute atomic E-state index is 0.133. The van der Waals surface area contributed by atoms with Crippen molar-refractivity contribution in [3.05, 3.63) is 29.8 Å². The van der Waals surface area contributed by atoms with Gasteiger partial charge in [-0.2, -0.15) is 4.31 Å². The van der Waals surface area contributed by atoms with Gasteiger partial charge >= 0.3 is 0 Å². The standard InChI is InChI=1S/C19H33N5O2S/c1-6-20-18(22-19(2,3)4)21-15-16-9-7-8-10-17(16)27(25,26)24-13-11-23(5)12-14-24/h7-10H,6,11-15H2,1-5H3,(H2,20,21,22). The summed E-state index contributed by atoms with van der Waals surface area (Å²) in [5.74, 6) is 0.678. The SMILES string of the molecule is CCNC(=NCc1ccccc1S(=O)(=O)N1CCN(C)CC1)NC(C)(C)C. The molecule has 0 saturated carbocycles. The van der Waals surface area contributed by atoms with E-state index < -0.39 is 10.0 Å². The lowest BCUT2D eigenvalue weighted by atomic mass is 10.1. The van der Waals surface area contributed by atoms with Crippen LogP contribution in [-0.2, 0) is 16.6 Å². The Bertz CT molecular complexity index is 748. The Labute approximate surface area is 163 Å². The molecule has 0 amide bonds. The average molecular weight is 396 g/mol. The molecule has 1 aromatic carbocycles. The van der Waals surface area contributed by atoms with Crippen LogP contribution in [0.15, 0.2) is 34.2 Å². The molecule has 1 fully saturated rings. The van der Waals surface area contributed by atoms with E-state index in [0.29, 0.717) is 36.1 Å². The number of piperazine rings is 1. The Morgan fingerprint density at radius 2 is 1.78 bits per heavy atom. The Hall–Kier alpha value is -1.64. The van der Waals surface area contributed by atoms with E-state index in [2.05, 4.69) is 41.3 Å². The Kier molecular flexibility index (Phi) is 7.25. The van der Waals surface area contributed by atoms with Gasteiger partial charge in [0.1, 0.15) is 0 Å². The van der Waals surface area contributed by atoms with Gasteiger partial charge in [0.25, 0.3) is 0 Å². The molecule has 1 saturated heterocycles. The van der Waals surface area contributed by atoms with Gasteiger partial charge < -0.3 is 15.5 Å². The predicted octanol–water partition coefficient (Wildman–Crippen LogP) is 1.48. The highest BCUT2D eigenvalue weighted by atomic mass is 32.2. The van der Waals surface area contributed by atoms with Crippen molar-refractivity contribution < 1.29 is 8.42 Å². The van der Waals surface area contributed by atoms with E-state index in [1.807, 2.05) is 26.1 Å². The second-order valence-corrected chi connectivity index (χ2v) is 9.79. The van der Waals surface area contributed by atoms with E-state index in [4.69, 9.17) is 0 Å². The molecule has 2 N–H and O–H groups in total. The summed E-state index contributed by atoms with van der Waals surface area (Å²) in [6.45, 7) is 11.8. The van der Waals surface area contributed by atoms with E-state index >= 15 is 0 Å². The number of guanidine groups is 1. The zero-order valence-corrected chi connectivity index (χ0v) is 17.9. The lowest BCUT2D eigenvalue weighted by Crippen LogP contribution is -2.47. The largest absolute Gasteiger partial charge is 0.357 e. The van der Waals surface area contributed by atoms with Crippen molar-refractivity contribution in [1.82, 2.24) is 19.8 Å². The first kappa shape index (κ1) is 21.7. The van der Waals surface area contributed by atoms with E-state index in [-0.39, 0.29) is 5.54 Å². The van der Waals surface area contributed by atoms with Gasteiger partial charge in [0, 0.05) is 38.3 Å². The van der Waals surface area contributed by atoms with Gasteiger partial charge in [-0.25, -0.2) is 13.4 Å².